The Morgan fingerprint density at radius 2 is 2.10 bits per heavy atom. The average molecular weight is 427 g/mol. The van der Waals surface area contributed by atoms with E-state index in [1.165, 1.54) is 14.0 Å². The largest absolute Gasteiger partial charge is 0.495 e. The Morgan fingerprint density at radius 3 is 2.76 bits per heavy atom. The summed E-state index contributed by atoms with van der Waals surface area (Å²) in [5.41, 5.74) is 0.991. The fourth-order valence-corrected chi connectivity index (χ4v) is 3.22. The van der Waals surface area contributed by atoms with Crippen molar-refractivity contribution in [2.45, 2.75) is 32.1 Å². The summed E-state index contributed by atoms with van der Waals surface area (Å²) in [5.74, 6) is 0.532. The van der Waals surface area contributed by atoms with E-state index in [4.69, 9.17) is 30.8 Å². The maximum absolute atomic E-state index is 12.0. The molecule has 1 aliphatic heterocycles. The Kier molecular flexibility index (Phi) is 7.92. The van der Waals surface area contributed by atoms with Gasteiger partial charge in [-0.05, 0) is 38.0 Å². The number of carbonyl (C=O) groups is 1. The summed E-state index contributed by atoms with van der Waals surface area (Å²) in [6.45, 7) is 3.29. The van der Waals surface area contributed by atoms with Crippen molar-refractivity contribution >= 4 is 23.4 Å². The number of nitrogens with zero attached hydrogens (tertiary/aromatic N) is 1. The Labute approximate surface area is 175 Å². The van der Waals surface area contributed by atoms with Gasteiger partial charge in [0, 0.05) is 14.2 Å². The van der Waals surface area contributed by atoms with Crippen LogP contribution < -0.4 is 15.0 Å². The van der Waals surface area contributed by atoms with Crippen LogP contribution in [-0.2, 0) is 20.9 Å². The standard InChI is InChI=1S/C20H27ClN2O6/c1-13-7-6-8-17(27-5)20(2,25)22-19(24)29-28-12-23(3)15-10-14(9-13)11-16(26-4)18(15)21/h6-8,10-11,17,25H,9,12H2,1-5H3,(H,22,24)/b8-6+,13-7+/t17-,20+/m1/s1. The van der Waals surface area contributed by atoms with E-state index < -0.39 is 17.9 Å². The predicted octanol–water partition coefficient (Wildman–Crippen LogP) is 3.18. The highest BCUT2D eigenvalue weighted by molar-refractivity contribution is 6.34. The van der Waals surface area contributed by atoms with Crippen LogP contribution in [-0.4, -0.2) is 51.0 Å². The maximum Gasteiger partial charge on any atom is 0.441 e. The summed E-state index contributed by atoms with van der Waals surface area (Å²) >= 11 is 6.43. The molecule has 1 amide bonds. The normalized spacial score (nSPS) is 26.7. The van der Waals surface area contributed by atoms with Crippen molar-refractivity contribution in [3.05, 3.63) is 46.5 Å². The molecule has 1 heterocycles. The van der Waals surface area contributed by atoms with Crippen molar-refractivity contribution in [2.75, 3.05) is 32.9 Å². The lowest BCUT2D eigenvalue weighted by Gasteiger charge is -2.30. The van der Waals surface area contributed by atoms with Crippen LogP contribution in [0.3, 0.4) is 0 Å². The number of carbonyl (C=O) groups excluding carboxylic acids is 1. The van der Waals surface area contributed by atoms with Gasteiger partial charge in [0.1, 0.15) is 16.9 Å². The van der Waals surface area contributed by atoms with E-state index in [0.717, 1.165) is 11.1 Å². The number of fused-ring (bicyclic) bond motifs is 2. The average Bonchev–Trinajstić information content (AvgIpc) is 2.64. The number of aliphatic hydroxyl groups is 1. The zero-order chi connectivity index (χ0) is 21.6. The summed E-state index contributed by atoms with van der Waals surface area (Å²) in [6, 6.07) is 3.79. The summed E-state index contributed by atoms with van der Waals surface area (Å²) in [6.07, 6.45) is 4.18. The number of methoxy groups -OCH3 is 2. The molecule has 8 nitrogen and oxygen atoms in total. The predicted molar refractivity (Wildman–Crippen MR) is 110 cm³/mol. The Bertz CT molecular complexity index is 793. The van der Waals surface area contributed by atoms with E-state index in [2.05, 4.69) is 5.32 Å². The second kappa shape index (κ2) is 9.98. The van der Waals surface area contributed by atoms with Crippen LogP contribution in [0.15, 0.2) is 35.9 Å². The monoisotopic (exact) mass is 426 g/mol. The molecular weight excluding hydrogens is 400 g/mol. The van der Waals surface area contributed by atoms with Crippen LogP contribution in [0.25, 0.3) is 0 Å². The minimum absolute atomic E-state index is 0.0929. The molecule has 2 N–H and O–H groups in total. The lowest BCUT2D eigenvalue weighted by atomic mass is 10.0. The number of anilines is 1. The number of hydrogen-bond donors (Lipinski definition) is 2. The molecule has 9 heteroatoms. The van der Waals surface area contributed by atoms with Gasteiger partial charge in [0.05, 0.1) is 12.8 Å². The molecule has 2 bridgehead atoms. The quantitative estimate of drug-likeness (QED) is 0.702. The first kappa shape index (κ1) is 23.0. The van der Waals surface area contributed by atoms with E-state index in [1.54, 1.807) is 31.2 Å². The van der Waals surface area contributed by atoms with Crippen LogP contribution in [0.5, 0.6) is 5.75 Å². The molecule has 1 aliphatic rings. The highest BCUT2D eigenvalue weighted by Gasteiger charge is 2.33. The molecule has 0 aliphatic carbocycles. The van der Waals surface area contributed by atoms with E-state index in [0.29, 0.717) is 22.9 Å². The van der Waals surface area contributed by atoms with Gasteiger partial charge in [0.2, 0.25) is 0 Å². The highest BCUT2D eigenvalue weighted by atomic mass is 35.5. The van der Waals surface area contributed by atoms with Gasteiger partial charge in [-0.15, -0.1) is 0 Å². The Hall–Kier alpha value is -2.26. The topological polar surface area (TPSA) is 89.5 Å². The van der Waals surface area contributed by atoms with Gasteiger partial charge in [-0.1, -0.05) is 35.4 Å². The first-order valence-electron chi connectivity index (χ1n) is 8.96. The first-order valence-corrected chi connectivity index (χ1v) is 9.34. The van der Waals surface area contributed by atoms with Gasteiger partial charge in [-0.25, -0.2) is 4.79 Å². The van der Waals surface area contributed by atoms with Crippen molar-refractivity contribution in [3.8, 4) is 5.75 Å². The molecule has 2 rings (SSSR count). The van der Waals surface area contributed by atoms with Crippen LogP contribution >= 0.6 is 11.6 Å². The molecule has 0 radical (unpaired) electrons. The third kappa shape index (κ3) is 6.11. The van der Waals surface area contributed by atoms with Gasteiger partial charge >= 0.3 is 6.09 Å². The number of halogens is 1. The number of nitrogens with one attached hydrogen (secondary N) is 1. The molecule has 0 saturated heterocycles. The molecule has 160 valence electrons. The second-order valence-corrected chi connectivity index (χ2v) is 7.33. The fraction of sp³-hybridized carbons (Fsp3) is 0.450. The molecule has 29 heavy (non-hydrogen) atoms. The van der Waals surface area contributed by atoms with Crippen molar-refractivity contribution in [1.82, 2.24) is 5.32 Å². The lowest BCUT2D eigenvalue weighted by molar-refractivity contribution is -0.241. The smallest absolute Gasteiger partial charge is 0.441 e. The van der Waals surface area contributed by atoms with Gasteiger partial charge in [0.15, 0.2) is 12.5 Å². The molecule has 0 fully saturated rings. The molecule has 0 unspecified atom stereocenters. The minimum Gasteiger partial charge on any atom is -0.495 e. The lowest BCUT2D eigenvalue weighted by Crippen LogP contribution is -2.54. The van der Waals surface area contributed by atoms with Crippen molar-refractivity contribution in [1.29, 1.82) is 0 Å². The zero-order valence-corrected chi connectivity index (χ0v) is 17.9. The number of rotatable bonds is 2. The van der Waals surface area contributed by atoms with Crippen LogP contribution in [0.2, 0.25) is 5.02 Å². The molecule has 0 aromatic heterocycles. The van der Waals surface area contributed by atoms with Gasteiger partial charge in [0.25, 0.3) is 0 Å². The molecule has 1 aromatic carbocycles. The summed E-state index contributed by atoms with van der Waals surface area (Å²) < 4.78 is 10.7. The third-order valence-corrected chi connectivity index (χ3v) is 4.78. The molecular formula is C20H27ClN2O6. The van der Waals surface area contributed by atoms with E-state index in [1.807, 2.05) is 25.1 Å². The van der Waals surface area contributed by atoms with Gasteiger partial charge in [-0.2, -0.15) is 4.89 Å². The zero-order valence-electron chi connectivity index (χ0n) is 17.2. The van der Waals surface area contributed by atoms with Crippen LogP contribution in [0.4, 0.5) is 10.5 Å². The van der Waals surface area contributed by atoms with Crippen LogP contribution in [0.1, 0.15) is 19.4 Å². The van der Waals surface area contributed by atoms with Gasteiger partial charge in [-0.3, -0.25) is 10.2 Å². The number of benzene rings is 1. The van der Waals surface area contributed by atoms with E-state index in [9.17, 15) is 9.90 Å². The molecule has 1 aromatic rings. The molecule has 2 atom stereocenters. The minimum atomic E-state index is -1.71. The summed E-state index contributed by atoms with van der Waals surface area (Å²) in [4.78, 5) is 23.4. The number of amides is 1. The van der Waals surface area contributed by atoms with Crippen molar-refractivity contribution in [2.24, 2.45) is 0 Å². The molecule has 0 saturated carbocycles. The number of ether oxygens (including phenoxy) is 2. The van der Waals surface area contributed by atoms with Gasteiger partial charge < -0.3 is 19.5 Å². The Morgan fingerprint density at radius 1 is 1.38 bits per heavy atom. The number of allylic oxidation sites excluding steroid dienone is 3. The van der Waals surface area contributed by atoms with Crippen molar-refractivity contribution < 1.29 is 29.1 Å². The summed E-state index contributed by atoms with van der Waals surface area (Å²) in [5, 5.41) is 13.3. The summed E-state index contributed by atoms with van der Waals surface area (Å²) in [7, 11) is 4.71. The Balaban J connectivity index is 2.42. The fourth-order valence-electron chi connectivity index (χ4n) is 2.89. The SMILES string of the molecule is COc1cc2cc(c1Cl)N(C)COOC(=O)N[C@@](C)(O)[C@H](OC)/C=C/C=C(\C)C2. The second-order valence-electron chi connectivity index (χ2n) is 6.95. The van der Waals surface area contributed by atoms with Crippen molar-refractivity contribution in [3.63, 3.8) is 0 Å². The first-order chi connectivity index (χ1) is 13.7. The number of hydrogen-bond acceptors (Lipinski definition) is 7. The maximum atomic E-state index is 12.0. The van der Waals surface area contributed by atoms with E-state index in [-0.39, 0.29) is 6.73 Å². The molecule has 0 spiro atoms. The van der Waals surface area contributed by atoms with E-state index >= 15 is 0 Å². The van der Waals surface area contributed by atoms with Crippen LogP contribution in [0, 0.1) is 0 Å². The highest BCUT2D eigenvalue weighted by Crippen LogP contribution is 2.36. The third-order valence-electron chi connectivity index (χ3n) is 4.40.